The number of hydrogen-bond acceptors (Lipinski definition) is 2. The molecule has 2 nitrogen and oxygen atoms in total. The van der Waals surface area contributed by atoms with Gasteiger partial charge in [0.2, 0.25) is 0 Å². The normalized spacial score (nSPS) is 36.8. The lowest BCUT2D eigenvalue weighted by atomic mass is 10.1. The molecule has 0 aromatic heterocycles. The van der Waals surface area contributed by atoms with Crippen LogP contribution in [0.2, 0.25) is 0 Å². The molecule has 0 radical (unpaired) electrons. The van der Waals surface area contributed by atoms with Gasteiger partial charge in [0.05, 0.1) is 0 Å². The van der Waals surface area contributed by atoms with Gasteiger partial charge in [-0.1, -0.05) is 13.8 Å². The van der Waals surface area contributed by atoms with E-state index in [0.29, 0.717) is 0 Å². The topological polar surface area (TPSA) is 15.3 Å². The van der Waals surface area contributed by atoms with E-state index in [-0.39, 0.29) is 0 Å². The van der Waals surface area contributed by atoms with Crippen LogP contribution in [0.15, 0.2) is 0 Å². The largest absolute Gasteiger partial charge is 0.313 e. The summed E-state index contributed by atoms with van der Waals surface area (Å²) in [6, 6.07) is 0.771. The van der Waals surface area contributed by atoms with E-state index < -0.39 is 0 Å². The summed E-state index contributed by atoms with van der Waals surface area (Å²) in [5.74, 6) is 2.03. The molecule has 0 bridgehead atoms. The van der Waals surface area contributed by atoms with E-state index in [1.807, 2.05) is 0 Å². The quantitative estimate of drug-likeness (QED) is 0.747. The van der Waals surface area contributed by atoms with Crippen LogP contribution < -0.4 is 5.32 Å². The van der Waals surface area contributed by atoms with Gasteiger partial charge < -0.3 is 10.2 Å². The van der Waals surface area contributed by atoms with Crippen LogP contribution in [0.5, 0.6) is 0 Å². The molecule has 1 heterocycles. The van der Waals surface area contributed by atoms with E-state index in [1.54, 1.807) is 0 Å². The maximum absolute atomic E-state index is 3.66. The number of likely N-dealkylation sites (tertiary alicyclic amines) is 1. The minimum Gasteiger partial charge on any atom is -0.313 e. The fraction of sp³-hybridized carbons (Fsp3) is 1.00. The van der Waals surface area contributed by atoms with Gasteiger partial charge >= 0.3 is 0 Å². The molecule has 3 unspecified atom stereocenters. The van der Waals surface area contributed by atoms with Gasteiger partial charge in [-0.05, 0) is 50.6 Å². The van der Waals surface area contributed by atoms with Crippen molar-refractivity contribution in [2.75, 3.05) is 26.2 Å². The van der Waals surface area contributed by atoms with Gasteiger partial charge in [0, 0.05) is 19.1 Å². The zero-order valence-electron chi connectivity index (χ0n) is 10.3. The van der Waals surface area contributed by atoms with Gasteiger partial charge in [-0.3, -0.25) is 0 Å². The highest BCUT2D eigenvalue weighted by molar-refractivity contribution is 4.87. The Hall–Kier alpha value is -0.0800. The van der Waals surface area contributed by atoms with Crippen molar-refractivity contribution in [2.24, 2.45) is 11.8 Å². The van der Waals surface area contributed by atoms with E-state index in [2.05, 4.69) is 24.1 Å². The summed E-state index contributed by atoms with van der Waals surface area (Å²) in [5.41, 5.74) is 0. The second kappa shape index (κ2) is 5.31. The predicted molar refractivity (Wildman–Crippen MR) is 65.0 cm³/mol. The zero-order valence-corrected chi connectivity index (χ0v) is 10.3. The second-order valence-electron chi connectivity index (χ2n) is 5.53. The average molecular weight is 210 g/mol. The first-order chi connectivity index (χ1) is 7.29. The lowest BCUT2D eigenvalue weighted by molar-refractivity contribution is 0.182. The number of rotatable bonds is 5. The fourth-order valence-electron chi connectivity index (χ4n) is 2.72. The third-order valence-corrected chi connectivity index (χ3v) is 3.96. The molecule has 0 aromatic rings. The smallest absolute Gasteiger partial charge is 0.0195 e. The van der Waals surface area contributed by atoms with Crippen LogP contribution in [0.3, 0.4) is 0 Å². The van der Waals surface area contributed by atoms with Crippen molar-refractivity contribution in [3.8, 4) is 0 Å². The Labute approximate surface area is 94.4 Å². The molecule has 2 aliphatic rings. The summed E-state index contributed by atoms with van der Waals surface area (Å²) in [7, 11) is 0. The van der Waals surface area contributed by atoms with Crippen LogP contribution >= 0.6 is 0 Å². The molecular weight excluding hydrogens is 184 g/mol. The van der Waals surface area contributed by atoms with Crippen LogP contribution in [-0.4, -0.2) is 37.1 Å². The first-order valence-electron chi connectivity index (χ1n) is 6.75. The fourth-order valence-corrected chi connectivity index (χ4v) is 2.72. The molecule has 1 saturated carbocycles. The van der Waals surface area contributed by atoms with Crippen molar-refractivity contribution in [1.29, 1.82) is 0 Å². The Bertz CT molecular complexity index is 193. The molecule has 1 aliphatic carbocycles. The van der Waals surface area contributed by atoms with Gasteiger partial charge in [-0.25, -0.2) is 0 Å². The molecule has 3 atom stereocenters. The third kappa shape index (κ3) is 3.46. The molecular formula is C13H26N2. The van der Waals surface area contributed by atoms with Crippen molar-refractivity contribution < 1.29 is 0 Å². The summed E-state index contributed by atoms with van der Waals surface area (Å²) in [6.07, 6.45) is 5.51. The molecule has 2 fully saturated rings. The van der Waals surface area contributed by atoms with Crippen molar-refractivity contribution in [3.63, 3.8) is 0 Å². The molecule has 2 heteroatoms. The molecule has 2 rings (SSSR count). The maximum atomic E-state index is 3.66. The highest BCUT2D eigenvalue weighted by Gasteiger charge is 2.34. The van der Waals surface area contributed by atoms with Crippen molar-refractivity contribution in [2.45, 2.75) is 45.6 Å². The SMILES string of the molecule is CCCNC1CCCN(CC2CC2C)C1. The summed E-state index contributed by atoms with van der Waals surface area (Å²) < 4.78 is 0. The molecule has 0 spiro atoms. The minimum absolute atomic E-state index is 0.771. The van der Waals surface area contributed by atoms with E-state index in [0.717, 1.165) is 17.9 Å². The number of hydrogen-bond donors (Lipinski definition) is 1. The summed E-state index contributed by atoms with van der Waals surface area (Å²) in [6.45, 7) is 9.83. The molecule has 15 heavy (non-hydrogen) atoms. The maximum Gasteiger partial charge on any atom is 0.0195 e. The molecule has 88 valence electrons. The summed E-state index contributed by atoms with van der Waals surface area (Å²) in [4.78, 5) is 2.69. The monoisotopic (exact) mass is 210 g/mol. The molecule has 1 N–H and O–H groups in total. The number of nitrogens with zero attached hydrogens (tertiary/aromatic N) is 1. The Morgan fingerprint density at radius 1 is 1.40 bits per heavy atom. The van der Waals surface area contributed by atoms with Gasteiger partial charge in [0.15, 0.2) is 0 Å². The van der Waals surface area contributed by atoms with Gasteiger partial charge in [0.25, 0.3) is 0 Å². The van der Waals surface area contributed by atoms with Gasteiger partial charge in [0.1, 0.15) is 0 Å². The Balaban J connectivity index is 1.67. The first kappa shape index (κ1) is 11.4. The van der Waals surface area contributed by atoms with E-state index >= 15 is 0 Å². The zero-order chi connectivity index (χ0) is 10.7. The van der Waals surface area contributed by atoms with Crippen LogP contribution in [0.4, 0.5) is 0 Å². The van der Waals surface area contributed by atoms with Gasteiger partial charge in [-0.2, -0.15) is 0 Å². The minimum atomic E-state index is 0.771. The van der Waals surface area contributed by atoms with Crippen LogP contribution in [0, 0.1) is 11.8 Å². The number of piperidine rings is 1. The average Bonchev–Trinajstić information content (AvgIpc) is 2.92. The van der Waals surface area contributed by atoms with Crippen LogP contribution in [0.25, 0.3) is 0 Å². The lowest BCUT2D eigenvalue weighted by Crippen LogP contribution is -2.46. The third-order valence-electron chi connectivity index (χ3n) is 3.96. The summed E-state index contributed by atoms with van der Waals surface area (Å²) >= 11 is 0. The van der Waals surface area contributed by atoms with Crippen LogP contribution in [0.1, 0.15) is 39.5 Å². The van der Waals surface area contributed by atoms with E-state index in [9.17, 15) is 0 Å². The lowest BCUT2D eigenvalue weighted by Gasteiger charge is -2.33. The highest BCUT2D eigenvalue weighted by Crippen LogP contribution is 2.38. The molecule has 1 saturated heterocycles. The Morgan fingerprint density at radius 3 is 2.87 bits per heavy atom. The summed E-state index contributed by atoms with van der Waals surface area (Å²) in [5, 5.41) is 3.66. The van der Waals surface area contributed by atoms with E-state index in [1.165, 1.54) is 51.9 Å². The van der Waals surface area contributed by atoms with Crippen molar-refractivity contribution >= 4 is 0 Å². The van der Waals surface area contributed by atoms with Crippen molar-refractivity contribution in [3.05, 3.63) is 0 Å². The molecule has 1 aliphatic heterocycles. The second-order valence-corrected chi connectivity index (χ2v) is 5.53. The first-order valence-corrected chi connectivity index (χ1v) is 6.75. The Morgan fingerprint density at radius 2 is 2.20 bits per heavy atom. The predicted octanol–water partition coefficient (Wildman–Crippen LogP) is 2.11. The molecule has 0 amide bonds. The van der Waals surface area contributed by atoms with Crippen LogP contribution in [-0.2, 0) is 0 Å². The number of nitrogens with one attached hydrogen (secondary N) is 1. The Kier molecular flexibility index (Phi) is 4.04. The standard InChI is InChI=1S/C13H26N2/c1-3-6-14-13-5-4-7-15(10-13)9-12-8-11(12)2/h11-14H,3-10H2,1-2H3. The highest BCUT2D eigenvalue weighted by atomic mass is 15.2. The van der Waals surface area contributed by atoms with Crippen molar-refractivity contribution in [1.82, 2.24) is 10.2 Å². The molecule has 0 aromatic carbocycles. The van der Waals surface area contributed by atoms with E-state index in [4.69, 9.17) is 0 Å². The van der Waals surface area contributed by atoms with Gasteiger partial charge in [-0.15, -0.1) is 0 Å².